The van der Waals surface area contributed by atoms with Crippen LogP contribution in [0.5, 0.6) is 0 Å². The highest BCUT2D eigenvalue weighted by atomic mass is 79.9. The Hall–Kier alpha value is -1.01. The molecule has 88 valence electrons. The number of esters is 1. The lowest BCUT2D eigenvalue weighted by Gasteiger charge is -2.15. The van der Waals surface area contributed by atoms with Gasteiger partial charge in [0.15, 0.2) is 0 Å². The van der Waals surface area contributed by atoms with E-state index in [1.807, 2.05) is 0 Å². The van der Waals surface area contributed by atoms with Gasteiger partial charge in [0, 0.05) is 10.0 Å². The summed E-state index contributed by atoms with van der Waals surface area (Å²) in [5, 5.41) is 8.53. The number of hydrogen-bond donors (Lipinski definition) is 1. The third-order valence-electron chi connectivity index (χ3n) is 1.98. The summed E-state index contributed by atoms with van der Waals surface area (Å²) in [6.07, 6.45) is 0. The highest BCUT2D eigenvalue weighted by molar-refractivity contribution is 9.10. The van der Waals surface area contributed by atoms with Crippen LogP contribution >= 0.6 is 15.9 Å². The average molecular weight is 295 g/mol. The monoisotopic (exact) mass is 294 g/mol. The second-order valence-corrected chi connectivity index (χ2v) is 3.90. The molecule has 0 aliphatic heterocycles. The van der Waals surface area contributed by atoms with E-state index in [2.05, 4.69) is 20.7 Å². The Morgan fingerprint density at radius 1 is 1.56 bits per heavy atom. The molecule has 0 radical (unpaired) electrons. The summed E-state index contributed by atoms with van der Waals surface area (Å²) in [7, 11) is 1.20. The molecule has 1 N–H and O–H groups in total. The first-order chi connectivity index (χ1) is 7.42. The third-order valence-corrected chi connectivity index (χ3v) is 2.64. The van der Waals surface area contributed by atoms with Gasteiger partial charge in [-0.2, -0.15) is 8.78 Å². The molecule has 16 heavy (non-hydrogen) atoms. The number of carbonyl (C=O) groups excluding carboxylic acids is 1. The number of alkyl halides is 2. The minimum absolute atomic E-state index is 0.0504. The summed E-state index contributed by atoms with van der Waals surface area (Å²) in [6.45, 7) is -1.29. The molecule has 0 aliphatic rings. The molecule has 0 spiro atoms. The van der Waals surface area contributed by atoms with Gasteiger partial charge in [-0.25, -0.2) is 4.79 Å². The summed E-state index contributed by atoms with van der Waals surface area (Å²) in [6, 6.07) is 3.52. The first kappa shape index (κ1) is 13.1. The number of ether oxygens (including phenoxy) is 1. The largest absolute Gasteiger partial charge is 0.465 e. The van der Waals surface area contributed by atoms with E-state index in [9.17, 15) is 13.6 Å². The van der Waals surface area contributed by atoms with Gasteiger partial charge in [-0.05, 0) is 12.1 Å². The number of hydrogen-bond acceptors (Lipinski definition) is 3. The molecule has 0 atom stereocenters. The van der Waals surface area contributed by atoms with Gasteiger partial charge < -0.3 is 9.84 Å². The minimum Gasteiger partial charge on any atom is -0.465 e. The predicted molar refractivity (Wildman–Crippen MR) is 56.5 cm³/mol. The van der Waals surface area contributed by atoms with E-state index in [0.29, 0.717) is 0 Å². The summed E-state index contributed by atoms with van der Waals surface area (Å²) >= 11 is 2.92. The van der Waals surface area contributed by atoms with Gasteiger partial charge in [0.05, 0.1) is 12.7 Å². The molecule has 0 saturated heterocycles. The average Bonchev–Trinajstić information content (AvgIpc) is 2.27. The molecule has 1 aromatic rings. The smallest absolute Gasteiger partial charge is 0.337 e. The minimum atomic E-state index is -3.34. The molecular weight excluding hydrogens is 286 g/mol. The number of carbonyl (C=O) groups is 1. The Bertz CT molecular complexity index is 407. The number of halogens is 3. The van der Waals surface area contributed by atoms with Crippen molar-refractivity contribution in [3.05, 3.63) is 33.8 Å². The molecule has 0 fully saturated rings. The quantitative estimate of drug-likeness (QED) is 0.871. The molecule has 0 unspecified atom stereocenters. The van der Waals surface area contributed by atoms with Crippen molar-refractivity contribution < 1.29 is 23.4 Å². The zero-order chi connectivity index (χ0) is 12.3. The van der Waals surface area contributed by atoms with Gasteiger partial charge in [0.2, 0.25) is 0 Å². The maximum absolute atomic E-state index is 13.2. The van der Waals surface area contributed by atoms with Gasteiger partial charge in [-0.1, -0.05) is 22.0 Å². The van der Waals surface area contributed by atoms with Crippen molar-refractivity contribution in [1.82, 2.24) is 0 Å². The lowest BCUT2D eigenvalue weighted by molar-refractivity contribution is -0.0562. The predicted octanol–water partition coefficient (Wildman–Crippen LogP) is 2.32. The molecule has 0 bridgehead atoms. The van der Waals surface area contributed by atoms with Crippen molar-refractivity contribution in [1.29, 1.82) is 0 Å². The maximum atomic E-state index is 13.2. The van der Waals surface area contributed by atoms with E-state index in [0.717, 1.165) is 6.07 Å². The summed E-state index contributed by atoms with van der Waals surface area (Å²) in [4.78, 5) is 11.1. The SMILES string of the molecule is COC(=O)c1ccc(C(F)(F)CO)c(Br)c1. The molecule has 1 rings (SSSR count). The first-order valence-electron chi connectivity index (χ1n) is 4.29. The van der Waals surface area contributed by atoms with Crippen LogP contribution in [0.25, 0.3) is 0 Å². The van der Waals surface area contributed by atoms with Crippen molar-refractivity contribution in [2.45, 2.75) is 5.92 Å². The van der Waals surface area contributed by atoms with Gasteiger partial charge in [-0.3, -0.25) is 0 Å². The molecule has 6 heteroatoms. The Morgan fingerprint density at radius 2 is 2.19 bits per heavy atom. The maximum Gasteiger partial charge on any atom is 0.337 e. The van der Waals surface area contributed by atoms with E-state index in [4.69, 9.17) is 5.11 Å². The van der Waals surface area contributed by atoms with E-state index in [-0.39, 0.29) is 15.6 Å². The Balaban J connectivity index is 3.15. The van der Waals surface area contributed by atoms with E-state index in [1.54, 1.807) is 0 Å². The van der Waals surface area contributed by atoms with Crippen LogP contribution in [0.2, 0.25) is 0 Å². The van der Waals surface area contributed by atoms with Gasteiger partial charge >= 0.3 is 5.97 Å². The van der Waals surface area contributed by atoms with Crippen LogP contribution < -0.4 is 0 Å². The van der Waals surface area contributed by atoms with Crippen LogP contribution in [0.15, 0.2) is 22.7 Å². The van der Waals surface area contributed by atoms with E-state index in [1.165, 1.54) is 19.2 Å². The first-order valence-corrected chi connectivity index (χ1v) is 5.08. The van der Waals surface area contributed by atoms with E-state index < -0.39 is 18.5 Å². The Labute approximate surface area is 99.2 Å². The van der Waals surface area contributed by atoms with Crippen molar-refractivity contribution in [2.24, 2.45) is 0 Å². The number of aliphatic hydroxyl groups is 1. The van der Waals surface area contributed by atoms with Crippen molar-refractivity contribution in [3.8, 4) is 0 Å². The van der Waals surface area contributed by atoms with Crippen LogP contribution in [0.4, 0.5) is 8.78 Å². The molecule has 1 aromatic carbocycles. The summed E-state index contributed by atoms with van der Waals surface area (Å²) < 4.78 is 30.8. The molecule has 0 heterocycles. The number of rotatable bonds is 3. The fourth-order valence-electron chi connectivity index (χ4n) is 1.14. The normalized spacial score (nSPS) is 11.3. The zero-order valence-electron chi connectivity index (χ0n) is 8.34. The van der Waals surface area contributed by atoms with Crippen LogP contribution in [0, 0.1) is 0 Å². The molecular formula is C10H9BrF2O3. The van der Waals surface area contributed by atoms with Crippen molar-refractivity contribution in [3.63, 3.8) is 0 Å². The fourth-order valence-corrected chi connectivity index (χ4v) is 1.81. The molecule has 0 amide bonds. The molecule has 3 nitrogen and oxygen atoms in total. The third kappa shape index (κ3) is 2.56. The fraction of sp³-hybridized carbons (Fsp3) is 0.300. The van der Waals surface area contributed by atoms with Gasteiger partial charge in [0.1, 0.15) is 6.61 Å². The highest BCUT2D eigenvalue weighted by Gasteiger charge is 2.32. The van der Waals surface area contributed by atoms with Gasteiger partial charge in [-0.15, -0.1) is 0 Å². The molecule has 0 aliphatic carbocycles. The second-order valence-electron chi connectivity index (χ2n) is 3.05. The lowest BCUT2D eigenvalue weighted by atomic mass is 10.1. The van der Waals surface area contributed by atoms with Crippen molar-refractivity contribution in [2.75, 3.05) is 13.7 Å². The topological polar surface area (TPSA) is 46.5 Å². The standard InChI is InChI=1S/C10H9BrF2O3/c1-16-9(15)6-2-3-7(8(11)4-6)10(12,13)5-14/h2-4,14H,5H2,1H3. The zero-order valence-corrected chi connectivity index (χ0v) is 9.92. The number of benzene rings is 1. The van der Waals surface area contributed by atoms with Crippen LogP contribution in [0.3, 0.4) is 0 Å². The van der Waals surface area contributed by atoms with Crippen molar-refractivity contribution >= 4 is 21.9 Å². The summed E-state index contributed by atoms with van der Waals surface area (Å²) in [5.74, 6) is -3.95. The Kier molecular flexibility index (Phi) is 3.98. The highest BCUT2D eigenvalue weighted by Crippen LogP contribution is 2.33. The van der Waals surface area contributed by atoms with E-state index >= 15 is 0 Å². The molecule has 0 saturated carbocycles. The number of aliphatic hydroxyl groups excluding tert-OH is 1. The molecule has 0 aromatic heterocycles. The second kappa shape index (κ2) is 4.88. The van der Waals surface area contributed by atoms with Gasteiger partial charge in [0.25, 0.3) is 5.92 Å². The lowest BCUT2D eigenvalue weighted by Crippen LogP contribution is -2.19. The number of methoxy groups -OCH3 is 1. The van der Waals surface area contributed by atoms with Crippen LogP contribution in [-0.4, -0.2) is 24.8 Å². The Morgan fingerprint density at radius 3 is 2.62 bits per heavy atom. The van der Waals surface area contributed by atoms with Crippen LogP contribution in [0.1, 0.15) is 15.9 Å². The summed E-state index contributed by atoms with van der Waals surface area (Å²) in [5.41, 5.74) is -0.213. The van der Waals surface area contributed by atoms with Crippen LogP contribution in [-0.2, 0) is 10.7 Å².